The fourth-order valence-electron chi connectivity index (χ4n) is 1.71. The third kappa shape index (κ3) is 2.09. The molecule has 1 amide bonds. The van der Waals surface area contributed by atoms with E-state index in [-0.39, 0.29) is 0 Å². The molecule has 3 nitrogen and oxygen atoms in total. The van der Waals surface area contributed by atoms with Gasteiger partial charge >= 0.3 is 0 Å². The molecule has 2 rings (SSSR count). The van der Waals surface area contributed by atoms with Crippen molar-refractivity contribution in [2.45, 2.75) is 13.0 Å². The van der Waals surface area contributed by atoms with Crippen LogP contribution in [-0.2, 0) is 17.8 Å². The van der Waals surface area contributed by atoms with E-state index in [1.165, 1.54) is 4.90 Å². The summed E-state index contributed by atoms with van der Waals surface area (Å²) in [4.78, 5) is 16.6. The number of halogens is 2. The molecular weight excluding hydrogens is 219 g/mol. The first kappa shape index (κ1) is 10.4. The molecule has 1 aliphatic rings. The molecule has 2 heterocycles. The molecule has 1 aliphatic heterocycles. The van der Waals surface area contributed by atoms with Gasteiger partial charge in [-0.15, -0.1) is 0 Å². The minimum Gasteiger partial charge on any atom is -0.336 e. The fraction of sp³-hybridized carbons (Fsp3) is 0.400. The van der Waals surface area contributed by atoms with Crippen LogP contribution in [0.25, 0.3) is 0 Å². The Labute approximate surface area is 91.9 Å². The van der Waals surface area contributed by atoms with E-state index in [0.717, 1.165) is 11.1 Å². The van der Waals surface area contributed by atoms with Crippen molar-refractivity contribution in [1.82, 2.24) is 9.88 Å². The van der Waals surface area contributed by atoms with Crippen molar-refractivity contribution in [2.75, 3.05) is 13.2 Å². The standard InChI is InChI=1S/C10H10ClFN2O/c11-9-3-7-1-2-14(10(15)4-12)6-8(7)5-13-9/h3,5H,1-2,4,6H2. The summed E-state index contributed by atoms with van der Waals surface area (Å²) < 4.78 is 12.2. The van der Waals surface area contributed by atoms with Crippen LogP contribution >= 0.6 is 11.6 Å². The highest BCUT2D eigenvalue weighted by Crippen LogP contribution is 2.20. The minimum absolute atomic E-state index is 0.433. The van der Waals surface area contributed by atoms with Crippen LogP contribution in [0.4, 0.5) is 4.39 Å². The van der Waals surface area contributed by atoms with E-state index >= 15 is 0 Å². The summed E-state index contributed by atoms with van der Waals surface area (Å²) in [7, 11) is 0. The molecule has 80 valence electrons. The van der Waals surface area contributed by atoms with E-state index < -0.39 is 12.6 Å². The molecule has 0 aromatic carbocycles. The Morgan fingerprint density at radius 3 is 3.13 bits per heavy atom. The van der Waals surface area contributed by atoms with Gasteiger partial charge in [-0.1, -0.05) is 11.6 Å². The number of alkyl halides is 1. The summed E-state index contributed by atoms with van der Waals surface area (Å²) in [6, 6.07) is 1.80. The Bertz CT molecular complexity index is 397. The maximum atomic E-state index is 12.2. The summed E-state index contributed by atoms with van der Waals surface area (Å²) in [6.45, 7) is 0.0503. The predicted molar refractivity (Wildman–Crippen MR) is 54.3 cm³/mol. The van der Waals surface area contributed by atoms with Crippen LogP contribution in [0.1, 0.15) is 11.1 Å². The molecule has 0 aliphatic carbocycles. The highest BCUT2D eigenvalue weighted by Gasteiger charge is 2.20. The molecule has 15 heavy (non-hydrogen) atoms. The molecule has 1 aromatic rings. The molecule has 0 atom stereocenters. The molecule has 0 spiro atoms. The Balaban J connectivity index is 2.20. The van der Waals surface area contributed by atoms with Gasteiger partial charge in [-0.3, -0.25) is 4.79 Å². The second kappa shape index (κ2) is 4.14. The zero-order valence-electron chi connectivity index (χ0n) is 8.04. The lowest BCUT2D eigenvalue weighted by molar-refractivity contribution is -0.133. The van der Waals surface area contributed by atoms with Crippen LogP contribution in [0.15, 0.2) is 12.3 Å². The fourth-order valence-corrected chi connectivity index (χ4v) is 1.89. The first-order chi connectivity index (χ1) is 7.20. The first-order valence-electron chi connectivity index (χ1n) is 4.67. The third-order valence-corrected chi connectivity index (χ3v) is 2.74. The number of fused-ring (bicyclic) bond motifs is 1. The molecule has 0 saturated heterocycles. The summed E-state index contributed by atoms with van der Waals surface area (Å²) in [5, 5.41) is 0.457. The molecule has 0 saturated carbocycles. The number of hydrogen-bond acceptors (Lipinski definition) is 2. The SMILES string of the molecule is O=C(CF)N1CCc2cc(Cl)ncc2C1. The van der Waals surface area contributed by atoms with Crippen LogP contribution in [-0.4, -0.2) is 29.0 Å². The van der Waals surface area contributed by atoms with Crippen molar-refractivity contribution < 1.29 is 9.18 Å². The molecule has 5 heteroatoms. The van der Waals surface area contributed by atoms with Gasteiger partial charge in [0.15, 0.2) is 6.67 Å². The van der Waals surface area contributed by atoms with Crippen molar-refractivity contribution in [3.05, 3.63) is 28.5 Å². The maximum absolute atomic E-state index is 12.2. The second-order valence-corrected chi connectivity index (χ2v) is 3.86. The number of amides is 1. The first-order valence-corrected chi connectivity index (χ1v) is 5.05. The minimum atomic E-state index is -0.934. The molecule has 0 radical (unpaired) electrons. The number of pyridine rings is 1. The number of rotatable bonds is 1. The molecule has 0 bridgehead atoms. The van der Waals surface area contributed by atoms with Crippen LogP contribution in [0.2, 0.25) is 5.15 Å². The van der Waals surface area contributed by atoms with Crippen molar-refractivity contribution >= 4 is 17.5 Å². The van der Waals surface area contributed by atoms with Gasteiger partial charge in [0.1, 0.15) is 5.15 Å². The summed E-state index contributed by atoms with van der Waals surface area (Å²) in [5.41, 5.74) is 2.05. The van der Waals surface area contributed by atoms with Crippen molar-refractivity contribution in [3.63, 3.8) is 0 Å². The lowest BCUT2D eigenvalue weighted by Gasteiger charge is -2.27. The van der Waals surface area contributed by atoms with Gasteiger partial charge in [-0.25, -0.2) is 9.37 Å². The quantitative estimate of drug-likeness (QED) is 0.684. The monoisotopic (exact) mass is 228 g/mol. The largest absolute Gasteiger partial charge is 0.336 e. The van der Waals surface area contributed by atoms with Crippen molar-refractivity contribution in [2.24, 2.45) is 0 Å². The molecule has 1 aromatic heterocycles. The molecular formula is C10H10ClFN2O. The summed E-state index contributed by atoms with van der Waals surface area (Å²) in [5.74, 6) is -0.462. The lowest BCUT2D eigenvalue weighted by atomic mass is 10.0. The Kier molecular flexibility index (Phi) is 2.86. The van der Waals surface area contributed by atoms with E-state index in [9.17, 15) is 9.18 Å². The van der Waals surface area contributed by atoms with Crippen LogP contribution in [0, 0.1) is 0 Å². The number of hydrogen-bond donors (Lipinski definition) is 0. The number of carbonyl (C=O) groups excluding carboxylic acids is 1. The van der Waals surface area contributed by atoms with Crippen LogP contribution in [0.5, 0.6) is 0 Å². The number of carbonyl (C=O) groups is 1. The van der Waals surface area contributed by atoms with Gasteiger partial charge in [0.25, 0.3) is 5.91 Å². The Morgan fingerprint density at radius 1 is 1.60 bits per heavy atom. The smallest absolute Gasteiger partial charge is 0.254 e. The zero-order valence-corrected chi connectivity index (χ0v) is 8.80. The van der Waals surface area contributed by atoms with Crippen molar-refractivity contribution in [1.29, 1.82) is 0 Å². The maximum Gasteiger partial charge on any atom is 0.254 e. The van der Waals surface area contributed by atoms with E-state index in [0.29, 0.717) is 24.7 Å². The number of nitrogens with zero attached hydrogens (tertiary/aromatic N) is 2. The lowest BCUT2D eigenvalue weighted by Crippen LogP contribution is -2.36. The predicted octanol–water partition coefficient (Wildman–Crippen LogP) is 1.59. The average Bonchev–Trinajstić information content (AvgIpc) is 2.27. The highest BCUT2D eigenvalue weighted by atomic mass is 35.5. The van der Waals surface area contributed by atoms with E-state index in [1.54, 1.807) is 12.3 Å². The summed E-state index contributed by atoms with van der Waals surface area (Å²) >= 11 is 5.75. The van der Waals surface area contributed by atoms with Crippen molar-refractivity contribution in [3.8, 4) is 0 Å². The third-order valence-electron chi connectivity index (χ3n) is 2.53. The Morgan fingerprint density at radius 2 is 2.40 bits per heavy atom. The highest BCUT2D eigenvalue weighted by molar-refractivity contribution is 6.29. The number of aromatic nitrogens is 1. The molecule has 0 N–H and O–H groups in total. The zero-order chi connectivity index (χ0) is 10.8. The van der Waals surface area contributed by atoms with Crippen LogP contribution < -0.4 is 0 Å². The van der Waals surface area contributed by atoms with E-state index in [4.69, 9.17) is 11.6 Å². The van der Waals surface area contributed by atoms with Gasteiger partial charge in [0, 0.05) is 19.3 Å². The van der Waals surface area contributed by atoms with Crippen LogP contribution in [0.3, 0.4) is 0 Å². The van der Waals surface area contributed by atoms with E-state index in [2.05, 4.69) is 4.98 Å². The van der Waals surface area contributed by atoms with Gasteiger partial charge in [0.2, 0.25) is 0 Å². The average molecular weight is 229 g/mol. The van der Waals surface area contributed by atoms with Gasteiger partial charge in [0.05, 0.1) is 0 Å². The normalized spacial score (nSPS) is 14.9. The topological polar surface area (TPSA) is 33.2 Å². The molecule has 0 fully saturated rings. The van der Waals surface area contributed by atoms with Gasteiger partial charge in [-0.2, -0.15) is 0 Å². The van der Waals surface area contributed by atoms with Gasteiger partial charge < -0.3 is 4.90 Å². The van der Waals surface area contributed by atoms with E-state index in [1.807, 2.05) is 0 Å². The summed E-state index contributed by atoms with van der Waals surface area (Å²) in [6.07, 6.45) is 2.36. The van der Waals surface area contributed by atoms with Gasteiger partial charge in [-0.05, 0) is 23.6 Å². The molecule has 0 unspecified atom stereocenters. The Hall–Kier alpha value is -1.16. The second-order valence-electron chi connectivity index (χ2n) is 3.47.